The second-order valence-corrected chi connectivity index (χ2v) is 9.41. The number of esters is 1. The largest absolute Gasteiger partial charge is 0.468 e. The monoisotopic (exact) mass is 501 g/mol. The number of benzene rings is 1. The van der Waals surface area contributed by atoms with Gasteiger partial charge in [-0.2, -0.15) is 5.09 Å². The van der Waals surface area contributed by atoms with Crippen LogP contribution in [-0.2, 0) is 23.4 Å². The number of H-pyrrole nitrogens is 1. The lowest BCUT2D eigenvalue weighted by Gasteiger charge is -2.25. The van der Waals surface area contributed by atoms with Crippen molar-refractivity contribution >= 4 is 13.7 Å². The minimum absolute atomic E-state index is 0.149. The van der Waals surface area contributed by atoms with Crippen LogP contribution in [0.4, 0.5) is 4.39 Å². The molecule has 2 heterocycles. The first-order valence-corrected chi connectivity index (χ1v) is 11.7. The standard InChI is InChI=1S/C20H25FN3O9P/c1-12(17(27)30-3)23-34(29,33-13-7-5-4-6-8-13)31-11-14-16(26)20(2,21)18(32-14)24-10-9-15(25)22-19(24)28/h4-10,12,14,16,18,26H,11H2,1-3H3,(H,23,29)(H,22,25,28)/t12-,14+,16+,18+,20+,34?/m0/s1. The molecule has 186 valence electrons. The van der Waals surface area contributed by atoms with Crippen molar-refractivity contribution in [2.24, 2.45) is 0 Å². The van der Waals surface area contributed by atoms with Crippen LogP contribution in [0.25, 0.3) is 0 Å². The Kier molecular flexibility index (Phi) is 7.74. The maximum absolute atomic E-state index is 15.4. The molecule has 3 N–H and O–H groups in total. The van der Waals surface area contributed by atoms with Gasteiger partial charge in [0.05, 0.1) is 13.7 Å². The molecule has 0 radical (unpaired) electrons. The van der Waals surface area contributed by atoms with E-state index in [2.05, 4.69) is 9.82 Å². The molecule has 0 saturated carbocycles. The molecule has 1 unspecified atom stereocenters. The smallest absolute Gasteiger partial charge is 0.459 e. The summed E-state index contributed by atoms with van der Waals surface area (Å²) in [5, 5.41) is 12.9. The van der Waals surface area contributed by atoms with Crippen molar-refractivity contribution in [3.8, 4) is 5.75 Å². The Bertz CT molecular complexity index is 1170. The molecule has 1 aromatic heterocycles. The van der Waals surface area contributed by atoms with E-state index < -0.39 is 61.7 Å². The van der Waals surface area contributed by atoms with E-state index >= 15 is 4.39 Å². The van der Waals surface area contributed by atoms with E-state index in [1.54, 1.807) is 18.2 Å². The molecule has 34 heavy (non-hydrogen) atoms. The van der Waals surface area contributed by atoms with Crippen LogP contribution in [0.15, 0.2) is 52.2 Å². The Morgan fingerprint density at radius 3 is 2.65 bits per heavy atom. The van der Waals surface area contributed by atoms with Gasteiger partial charge < -0.3 is 19.1 Å². The third kappa shape index (κ3) is 5.62. The van der Waals surface area contributed by atoms with Gasteiger partial charge in [0.15, 0.2) is 11.9 Å². The first-order valence-electron chi connectivity index (χ1n) is 10.2. The predicted octanol–water partition coefficient (Wildman–Crippen LogP) is 0.878. The molecular weight excluding hydrogens is 476 g/mol. The maximum Gasteiger partial charge on any atom is 0.459 e. The van der Waals surface area contributed by atoms with Crippen LogP contribution in [0.3, 0.4) is 0 Å². The average Bonchev–Trinajstić information content (AvgIpc) is 3.01. The minimum Gasteiger partial charge on any atom is -0.468 e. The molecule has 0 amide bonds. The van der Waals surface area contributed by atoms with Gasteiger partial charge in [-0.05, 0) is 26.0 Å². The zero-order valence-corrected chi connectivity index (χ0v) is 19.4. The van der Waals surface area contributed by atoms with Gasteiger partial charge in [0.2, 0.25) is 0 Å². The van der Waals surface area contributed by atoms with Crippen LogP contribution in [0.5, 0.6) is 5.75 Å². The second-order valence-electron chi connectivity index (χ2n) is 7.71. The highest BCUT2D eigenvalue weighted by Crippen LogP contribution is 2.47. The van der Waals surface area contributed by atoms with Crippen LogP contribution < -0.4 is 20.9 Å². The molecular formula is C20H25FN3O9P. The summed E-state index contributed by atoms with van der Waals surface area (Å²) in [6, 6.07) is 7.83. The summed E-state index contributed by atoms with van der Waals surface area (Å²) in [6.45, 7) is 1.74. The zero-order chi connectivity index (χ0) is 25.1. The second kappa shape index (κ2) is 10.2. The molecule has 3 rings (SSSR count). The Hall–Kier alpha value is -2.83. The molecule has 1 aliphatic heterocycles. The molecule has 1 fully saturated rings. The van der Waals surface area contributed by atoms with Crippen molar-refractivity contribution in [2.45, 2.75) is 44.0 Å². The first-order chi connectivity index (χ1) is 16.0. The summed E-state index contributed by atoms with van der Waals surface area (Å²) in [7, 11) is -3.13. The number of nitrogens with zero attached hydrogens (tertiary/aromatic N) is 1. The van der Waals surface area contributed by atoms with Gasteiger partial charge in [-0.15, -0.1) is 0 Å². The molecule has 12 nitrogen and oxygen atoms in total. The van der Waals surface area contributed by atoms with Crippen molar-refractivity contribution in [1.82, 2.24) is 14.6 Å². The van der Waals surface area contributed by atoms with Crippen molar-refractivity contribution in [3.63, 3.8) is 0 Å². The van der Waals surface area contributed by atoms with E-state index in [0.29, 0.717) is 0 Å². The molecule has 2 aromatic rings. The number of hydrogen-bond acceptors (Lipinski definition) is 9. The Labute approximate surface area is 193 Å². The minimum atomic E-state index is -4.27. The van der Waals surface area contributed by atoms with Crippen molar-refractivity contribution in [1.29, 1.82) is 0 Å². The quantitative estimate of drug-likeness (QED) is 0.333. The summed E-state index contributed by atoms with van der Waals surface area (Å²) in [5.41, 5.74) is -4.11. The lowest BCUT2D eigenvalue weighted by atomic mass is 9.98. The Balaban J connectivity index is 1.80. The van der Waals surface area contributed by atoms with Crippen molar-refractivity contribution in [3.05, 3.63) is 63.4 Å². The molecule has 0 aliphatic carbocycles. The number of halogens is 1. The van der Waals surface area contributed by atoms with Crippen LogP contribution >= 0.6 is 7.75 Å². The number of alkyl halides is 1. The third-order valence-electron chi connectivity index (χ3n) is 5.10. The molecule has 1 saturated heterocycles. The lowest BCUT2D eigenvalue weighted by Crippen LogP contribution is -2.43. The van der Waals surface area contributed by atoms with Gasteiger partial charge in [0.1, 0.15) is 24.0 Å². The van der Waals surface area contributed by atoms with E-state index in [0.717, 1.165) is 30.9 Å². The van der Waals surface area contributed by atoms with Gasteiger partial charge in [-0.3, -0.25) is 23.7 Å². The fourth-order valence-corrected chi connectivity index (χ4v) is 4.81. The van der Waals surface area contributed by atoms with Gasteiger partial charge in [-0.25, -0.2) is 13.8 Å². The molecule has 1 aliphatic rings. The predicted molar refractivity (Wildman–Crippen MR) is 116 cm³/mol. The average molecular weight is 501 g/mol. The number of rotatable bonds is 9. The highest BCUT2D eigenvalue weighted by atomic mass is 31.2. The van der Waals surface area contributed by atoms with Crippen LogP contribution in [0, 0.1) is 0 Å². The van der Waals surface area contributed by atoms with E-state index in [4.69, 9.17) is 13.8 Å². The molecule has 1 aromatic carbocycles. The summed E-state index contributed by atoms with van der Waals surface area (Å²) >= 11 is 0. The van der Waals surface area contributed by atoms with E-state index in [1.165, 1.54) is 19.1 Å². The van der Waals surface area contributed by atoms with Crippen LogP contribution in [-0.4, -0.2) is 58.3 Å². The van der Waals surface area contributed by atoms with Gasteiger partial charge in [0.25, 0.3) is 5.56 Å². The molecule has 14 heteroatoms. The summed E-state index contributed by atoms with van der Waals surface area (Å²) in [4.78, 5) is 37.2. The summed E-state index contributed by atoms with van der Waals surface area (Å²) < 4.78 is 50.5. The number of aromatic amines is 1. The number of aromatic nitrogens is 2. The number of methoxy groups -OCH3 is 1. The number of para-hydroxylation sites is 1. The number of carbonyl (C=O) groups excluding carboxylic acids is 1. The van der Waals surface area contributed by atoms with Crippen molar-refractivity contribution < 1.29 is 37.4 Å². The van der Waals surface area contributed by atoms with Gasteiger partial charge in [0, 0.05) is 12.3 Å². The van der Waals surface area contributed by atoms with E-state index in [1.807, 2.05) is 4.98 Å². The van der Waals surface area contributed by atoms with E-state index in [9.17, 15) is 24.1 Å². The number of nitrogens with one attached hydrogen (secondary N) is 2. The zero-order valence-electron chi connectivity index (χ0n) is 18.5. The summed E-state index contributed by atoms with van der Waals surface area (Å²) in [6.07, 6.45) is -3.78. The SMILES string of the molecule is COC(=O)[C@H](C)NP(=O)(OC[C@H]1O[C@@H](n2ccc(=O)[nH]c2=O)[C@](C)(F)[C@@H]1O)Oc1ccccc1. The Morgan fingerprint density at radius 2 is 2.03 bits per heavy atom. The fraction of sp³-hybridized carbons (Fsp3) is 0.450. The highest BCUT2D eigenvalue weighted by Gasteiger charge is 2.55. The van der Waals surface area contributed by atoms with Gasteiger partial charge >= 0.3 is 19.4 Å². The number of ether oxygens (including phenoxy) is 2. The topological polar surface area (TPSA) is 158 Å². The maximum atomic E-state index is 15.4. The first kappa shape index (κ1) is 25.8. The normalized spacial score (nSPS) is 27.0. The number of aliphatic hydroxyl groups is 1. The van der Waals surface area contributed by atoms with Gasteiger partial charge in [-0.1, -0.05) is 18.2 Å². The number of carbonyl (C=O) groups is 1. The summed E-state index contributed by atoms with van der Waals surface area (Å²) in [5.74, 6) is -0.595. The van der Waals surface area contributed by atoms with E-state index in [-0.39, 0.29) is 5.75 Å². The third-order valence-corrected chi connectivity index (χ3v) is 6.75. The number of aliphatic hydroxyl groups excluding tert-OH is 1. The van der Waals surface area contributed by atoms with Crippen LogP contribution in [0.1, 0.15) is 20.1 Å². The fourth-order valence-electron chi connectivity index (χ4n) is 3.31. The van der Waals surface area contributed by atoms with Crippen LogP contribution in [0.2, 0.25) is 0 Å². The molecule has 6 atom stereocenters. The highest BCUT2D eigenvalue weighted by molar-refractivity contribution is 7.52. The lowest BCUT2D eigenvalue weighted by molar-refractivity contribution is -0.142. The molecule has 0 spiro atoms. The number of hydrogen-bond donors (Lipinski definition) is 3. The van der Waals surface area contributed by atoms with Crippen molar-refractivity contribution in [2.75, 3.05) is 13.7 Å². The Morgan fingerprint density at radius 1 is 1.35 bits per heavy atom. The molecule has 0 bridgehead atoms.